The number of ether oxygens (including phenoxy) is 1. The van der Waals surface area contributed by atoms with E-state index in [0.717, 1.165) is 32.8 Å². The molecule has 1 atom stereocenters. The van der Waals surface area contributed by atoms with E-state index in [-0.39, 0.29) is 10.9 Å². The maximum Gasteiger partial charge on any atom is 0.192 e. The topological polar surface area (TPSA) is 37.8 Å². The van der Waals surface area contributed by atoms with Crippen LogP contribution in [0.1, 0.15) is 26.3 Å². The summed E-state index contributed by atoms with van der Waals surface area (Å²) in [6, 6.07) is 1.74. The number of rotatable bonds is 7. The van der Waals surface area contributed by atoms with E-state index in [2.05, 4.69) is 49.9 Å². The number of halogens is 1. The van der Waals surface area contributed by atoms with Gasteiger partial charge in [-0.05, 0) is 29.8 Å². The van der Waals surface area contributed by atoms with Gasteiger partial charge in [-0.1, -0.05) is 20.8 Å². The first-order chi connectivity index (χ1) is 13.1. The van der Waals surface area contributed by atoms with E-state index in [1.54, 1.807) is 19.4 Å². The van der Waals surface area contributed by atoms with Gasteiger partial charge in [-0.15, -0.1) is 0 Å². The highest BCUT2D eigenvalue weighted by Crippen LogP contribution is 2.38. The zero-order chi connectivity index (χ0) is 20.5. The molecule has 1 fully saturated rings. The highest BCUT2D eigenvalue weighted by atomic mass is 28.4. The molecule has 1 aromatic rings. The smallest absolute Gasteiger partial charge is 0.192 e. The van der Waals surface area contributed by atoms with E-state index < -0.39 is 8.32 Å². The van der Waals surface area contributed by atoms with Crippen molar-refractivity contribution in [2.75, 3.05) is 44.8 Å². The zero-order valence-electron chi connectivity index (χ0n) is 18.1. The summed E-state index contributed by atoms with van der Waals surface area (Å²) in [7, 11) is -0.195. The van der Waals surface area contributed by atoms with E-state index in [9.17, 15) is 0 Å². The third kappa shape index (κ3) is 4.48. The molecular formula is C21H34FN3O2Si. The van der Waals surface area contributed by atoms with Crippen LogP contribution in [0.25, 0.3) is 0 Å². The fourth-order valence-corrected chi connectivity index (χ4v) is 4.44. The fourth-order valence-electron chi connectivity index (χ4n) is 3.49. The van der Waals surface area contributed by atoms with Crippen molar-refractivity contribution in [3.05, 3.63) is 35.4 Å². The molecule has 3 heterocycles. The molecule has 0 aromatic carbocycles. The lowest BCUT2D eigenvalue weighted by Crippen LogP contribution is -2.40. The maximum atomic E-state index is 15.2. The number of hydrogen-bond donors (Lipinski definition) is 0. The molecule has 1 saturated heterocycles. The van der Waals surface area contributed by atoms with Crippen LogP contribution in [0.5, 0.6) is 0 Å². The van der Waals surface area contributed by atoms with Crippen molar-refractivity contribution < 1.29 is 13.6 Å². The number of likely N-dealkylation sites (tertiary alicyclic amines) is 1. The van der Waals surface area contributed by atoms with Gasteiger partial charge < -0.3 is 14.1 Å². The Morgan fingerprint density at radius 1 is 1.29 bits per heavy atom. The van der Waals surface area contributed by atoms with Crippen LogP contribution in [0.3, 0.4) is 0 Å². The van der Waals surface area contributed by atoms with Gasteiger partial charge >= 0.3 is 0 Å². The Labute approximate surface area is 169 Å². The van der Waals surface area contributed by atoms with Crippen LogP contribution in [0, 0.1) is 11.7 Å². The lowest BCUT2D eigenvalue weighted by atomic mass is 10.1. The van der Waals surface area contributed by atoms with Crippen molar-refractivity contribution in [3.63, 3.8) is 0 Å². The van der Waals surface area contributed by atoms with Gasteiger partial charge in [0, 0.05) is 57.2 Å². The van der Waals surface area contributed by atoms with Gasteiger partial charge in [0.25, 0.3) is 0 Å². The Hall–Kier alpha value is -1.28. The highest BCUT2D eigenvalue weighted by molar-refractivity contribution is 6.74. The standard InChI is InChI=1S/C21H34FN3O2Si/c1-21(2,3)28(5,6)27-15-16-7-8-23-20(19(16)22)25-13-17-11-24(9-10-26-4)12-18(17)14-25/h7-8,13,18H,9-12,14-15H2,1-6H3. The summed E-state index contributed by atoms with van der Waals surface area (Å²) in [6.45, 7) is 15.7. The van der Waals surface area contributed by atoms with E-state index >= 15 is 4.39 Å². The third-order valence-electron chi connectivity index (χ3n) is 6.38. The Balaban J connectivity index is 1.69. The molecule has 2 aliphatic rings. The quantitative estimate of drug-likeness (QED) is 0.638. The van der Waals surface area contributed by atoms with Crippen LogP contribution in [0.2, 0.25) is 18.1 Å². The van der Waals surface area contributed by atoms with Crippen LogP contribution >= 0.6 is 0 Å². The first-order valence-electron chi connectivity index (χ1n) is 10.1. The second kappa shape index (κ2) is 8.22. The maximum absolute atomic E-state index is 15.2. The Morgan fingerprint density at radius 3 is 2.68 bits per heavy atom. The van der Waals surface area contributed by atoms with Crippen molar-refractivity contribution in [1.29, 1.82) is 0 Å². The van der Waals surface area contributed by atoms with Gasteiger partial charge in [-0.2, -0.15) is 0 Å². The minimum absolute atomic E-state index is 0.102. The van der Waals surface area contributed by atoms with Gasteiger partial charge in [0.05, 0.1) is 13.2 Å². The predicted molar refractivity (Wildman–Crippen MR) is 113 cm³/mol. The van der Waals surface area contributed by atoms with Gasteiger partial charge in [0.1, 0.15) is 0 Å². The molecule has 0 amide bonds. The number of anilines is 1. The molecule has 3 rings (SSSR count). The summed E-state index contributed by atoms with van der Waals surface area (Å²) in [4.78, 5) is 8.70. The highest BCUT2D eigenvalue weighted by Gasteiger charge is 2.38. The zero-order valence-corrected chi connectivity index (χ0v) is 19.1. The van der Waals surface area contributed by atoms with Crippen molar-refractivity contribution in [1.82, 2.24) is 9.88 Å². The van der Waals surface area contributed by atoms with Crippen LogP contribution < -0.4 is 4.90 Å². The monoisotopic (exact) mass is 407 g/mol. The Bertz CT molecular complexity index is 733. The van der Waals surface area contributed by atoms with Gasteiger partial charge in [0.15, 0.2) is 20.0 Å². The molecule has 0 N–H and O–H groups in total. The van der Waals surface area contributed by atoms with Gasteiger partial charge in [0.2, 0.25) is 0 Å². The largest absolute Gasteiger partial charge is 0.412 e. The fraction of sp³-hybridized carbons (Fsp3) is 0.667. The molecule has 5 nitrogen and oxygen atoms in total. The minimum Gasteiger partial charge on any atom is -0.412 e. The predicted octanol–water partition coefficient (Wildman–Crippen LogP) is 4.02. The van der Waals surface area contributed by atoms with Crippen LogP contribution in [0.4, 0.5) is 10.2 Å². The van der Waals surface area contributed by atoms with Gasteiger partial charge in [-0.3, -0.25) is 4.90 Å². The summed E-state index contributed by atoms with van der Waals surface area (Å²) < 4.78 is 26.6. The molecule has 7 heteroatoms. The summed E-state index contributed by atoms with van der Waals surface area (Å²) in [5, 5.41) is 0.102. The number of fused-ring (bicyclic) bond motifs is 1. The molecular weight excluding hydrogens is 373 g/mol. The summed E-state index contributed by atoms with van der Waals surface area (Å²) in [5.41, 5.74) is 1.95. The van der Waals surface area contributed by atoms with E-state index in [4.69, 9.17) is 9.16 Å². The van der Waals surface area contributed by atoms with E-state index in [0.29, 0.717) is 23.9 Å². The summed E-state index contributed by atoms with van der Waals surface area (Å²) in [5.74, 6) is 0.612. The van der Waals surface area contributed by atoms with Crippen molar-refractivity contribution >= 4 is 14.1 Å². The molecule has 28 heavy (non-hydrogen) atoms. The molecule has 0 bridgehead atoms. The van der Waals surface area contributed by atoms with Crippen LogP contribution in [0.15, 0.2) is 24.0 Å². The van der Waals surface area contributed by atoms with Crippen LogP contribution in [-0.4, -0.2) is 58.1 Å². The third-order valence-corrected chi connectivity index (χ3v) is 10.9. The molecule has 0 saturated carbocycles. The molecule has 0 aliphatic carbocycles. The number of hydrogen-bond acceptors (Lipinski definition) is 5. The first-order valence-corrected chi connectivity index (χ1v) is 13.0. The average Bonchev–Trinajstić information content (AvgIpc) is 3.16. The average molecular weight is 408 g/mol. The Morgan fingerprint density at radius 2 is 2.04 bits per heavy atom. The summed E-state index contributed by atoms with van der Waals surface area (Å²) >= 11 is 0. The van der Waals surface area contributed by atoms with E-state index in [1.807, 2.05) is 4.90 Å². The first kappa shape index (κ1) is 21.4. The lowest BCUT2D eigenvalue weighted by molar-refractivity contribution is 0.159. The molecule has 1 unspecified atom stereocenters. The molecule has 2 aliphatic heterocycles. The van der Waals surface area contributed by atoms with E-state index in [1.165, 1.54) is 5.57 Å². The number of methoxy groups -OCH3 is 1. The molecule has 0 radical (unpaired) electrons. The molecule has 0 spiro atoms. The number of nitrogens with zero attached hydrogens (tertiary/aromatic N) is 3. The van der Waals surface area contributed by atoms with Gasteiger partial charge in [-0.25, -0.2) is 9.37 Å². The number of pyridine rings is 1. The second-order valence-corrected chi connectivity index (χ2v) is 14.2. The molecule has 1 aromatic heterocycles. The lowest BCUT2D eigenvalue weighted by Gasteiger charge is -2.36. The Kier molecular flexibility index (Phi) is 6.29. The van der Waals surface area contributed by atoms with Crippen molar-refractivity contribution in [3.8, 4) is 0 Å². The van der Waals surface area contributed by atoms with Crippen molar-refractivity contribution in [2.45, 2.75) is 45.5 Å². The van der Waals surface area contributed by atoms with Crippen LogP contribution in [-0.2, 0) is 15.8 Å². The molecule has 156 valence electrons. The van der Waals surface area contributed by atoms with Crippen molar-refractivity contribution in [2.24, 2.45) is 5.92 Å². The normalized spacial score (nSPS) is 20.6. The number of aromatic nitrogens is 1. The second-order valence-electron chi connectivity index (χ2n) is 9.44. The summed E-state index contributed by atoms with van der Waals surface area (Å²) in [6.07, 6.45) is 3.78. The SMILES string of the molecule is COCCN1CC2=CN(c3nccc(CO[Si](C)(C)C(C)(C)C)c3F)CC2C1. The minimum atomic E-state index is -1.93.